The van der Waals surface area contributed by atoms with Gasteiger partial charge in [0, 0.05) is 5.56 Å². The van der Waals surface area contributed by atoms with Gasteiger partial charge >= 0.3 is 0 Å². The summed E-state index contributed by atoms with van der Waals surface area (Å²) in [6.45, 7) is 1.53. The lowest BCUT2D eigenvalue weighted by atomic mass is 10.0. The van der Waals surface area contributed by atoms with Crippen molar-refractivity contribution in [3.8, 4) is 0 Å². The van der Waals surface area contributed by atoms with E-state index in [0.717, 1.165) is 0 Å². The van der Waals surface area contributed by atoms with E-state index < -0.39 is 5.91 Å². The van der Waals surface area contributed by atoms with Crippen LogP contribution in [0.4, 0.5) is 0 Å². The molecule has 5 nitrogen and oxygen atoms in total. The van der Waals surface area contributed by atoms with E-state index >= 15 is 0 Å². The molecule has 1 amide bonds. The van der Waals surface area contributed by atoms with Crippen molar-refractivity contribution in [2.24, 2.45) is 5.84 Å². The molecule has 0 fully saturated rings. The zero-order valence-corrected chi connectivity index (χ0v) is 7.77. The predicted molar refractivity (Wildman–Crippen MR) is 49.2 cm³/mol. The highest BCUT2D eigenvalue weighted by atomic mass is 16.5. The van der Waals surface area contributed by atoms with E-state index in [2.05, 4.69) is 0 Å². The summed E-state index contributed by atoms with van der Waals surface area (Å²) in [6.07, 6.45) is 0. The molecule has 0 heterocycles. The molecular weight excluding hydrogens is 184 g/mol. The fraction of sp³-hybridized carbons (Fsp3) is 0.222. The highest BCUT2D eigenvalue weighted by molar-refractivity contribution is 5.94. The Morgan fingerprint density at radius 2 is 2.21 bits per heavy atom. The number of hydrogen-bond acceptors (Lipinski definition) is 4. The van der Waals surface area contributed by atoms with Crippen LogP contribution in [-0.2, 0) is 6.61 Å². The lowest BCUT2D eigenvalue weighted by Crippen LogP contribution is -2.34. The van der Waals surface area contributed by atoms with Gasteiger partial charge in [0.2, 0.25) is 0 Å². The Morgan fingerprint density at radius 3 is 2.71 bits per heavy atom. The van der Waals surface area contributed by atoms with E-state index in [1.54, 1.807) is 19.1 Å². The maximum atomic E-state index is 11.3. The number of benzene rings is 1. The van der Waals surface area contributed by atoms with Gasteiger partial charge in [0.25, 0.3) is 5.91 Å². The van der Waals surface area contributed by atoms with Crippen LogP contribution in [0.15, 0.2) is 18.2 Å². The highest BCUT2D eigenvalue weighted by Crippen LogP contribution is 2.14. The zero-order valence-electron chi connectivity index (χ0n) is 7.77. The van der Waals surface area contributed by atoms with Crippen molar-refractivity contribution >= 4 is 5.91 Å². The molecular formula is C9H12N2O3. The molecule has 0 aliphatic rings. The number of carbonyl (C=O) groups excluding carboxylic acids is 1. The summed E-state index contributed by atoms with van der Waals surface area (Å²) in [5.41, 5.74) is 1.53. The van der Waals surface area contributed by atoms with Gasteiger partial charge in [0.15, 0.2) is 0 Å². The quantitative estimate of drug-likeness (QED) is 0.273. The van der Waals surface area contributed by atoms with E-state index in [9.17, 15) is 4.79 Å². The predicted octanol–water partition coefficient (Wildman–Crippen LogP) is 0.192. The third-order valence-electron chi connectivity index (χ3n) is 2.05. The molecule has 0 unspecified atom stereocenters. The van der Waals surface area contributed by atoms with Crippen LogP contribution in [0.25, 0.3) is 0 Å². The van der Waals surface area contributed by atoms with Crippen LogP contribution in [0.1, 0.15) is 21.5 Å². The second kappa shape index (κ2) is 4.19. The summed E-state index contributed by atoms with van der Waals surface area (Å²) >= 11 is 0. The minimum atomic E-state index is -0.696. The fourth-order valence-electron chi connectivity index (χ4n) is 1.21. The van der Waals surface area contributed by atoms with Crippen LogP contribution < -0.4 is 5.84 Å². The summed E-state index contributed by atoms with van der Waals surface area (Å²) in [4.78, 5) is 11.3. The number of aliphatic hydroxyl groups excluding tert-OH is 1. The first-order valence-corrected chi connectivity index (χ1v) is 4.05. The van der Waals surface area contributed by atoms with Gasteiger partial charge in [-0.2, -0.15) is 0 Å². The first-order valence-electron chi connectivity index (χ1n) is 4.05. The van der Waals surface area contributed by atoms with Gasteiger partial charge in [0.05, 0.1) is 6.61 Å². The number of carbonyl (C=O) groups is 1. The lowest BCUT2D eigenvalue weighted by Gasteiger charge is -2.11. The van der Waals surface area contributed by atoms with Crippen molar-refractivity contribution in [3.05, 3.63) is 34.9 Å². The average Bonchev–Trinajstić information content (AvgIpc) is 2.17. The molecule has 14 heavy (non-hydrogen) atoms. The van der Waals surface area contributed by atoms with E-state index in [0.29, 0.717) is 11.1 Å². The Bertz CT molecular complexity index is 350. The Hall–Kier alpha value is -1.43. The van der Waals surface area contributed by atoms with Crippen LogP contribution >= 0.6 is 0 Å². The number of hydrogen-bond donors (Lipinski definition) is 3. The van der Waals surface area contributed by atoms with Crippen LogP contribution in [0, 0.1) is 6.92 Å². The number of nitrogens with zero attached hydrogens (tertiary/aromatic N) is 1. The second-order valence-corrected chi connectivity index (χ2v) is 2.90. The summed E-state index contributed by atoms with van der Waals surface area (Å²) in [6, 6.07) is 4.85. The van der Waals surface area contributed by atoms with Gasteiger partial charge in [-0.3, -0.25) is 10.0 Å². The topological polar surface area (TPSA) is 86.8 Å². The molecule has 0 radical (unpaired) electrons. The molecule has 0 atom stereocenters. The summed E-state index contributed by atoms with van der Waals surface area (Å²) in [5, 5.41) is 17.7. The molecule has 0 spiro atoms. The van der Waals surface area contributed by atoms with Crippen molar-refractivity contribution < 1.29 is 15.1 Å². The van der Waals surface area contributed by atoms with Crippen LogP contribution in [0.5, 0.6) is 0 Å². The Kier molecular flexibility index (Phi) is 3.19. The van der Waals surface area contributed by atoms with Crippen molar-refractivity contribution in [3.63, 3.8) is 0 Å². The van der Waals surface area contributed by atoms with E-state index in [-0.39, 0.29) is 17.3 Å². The van der Waals surface area contributed by atoms with Crippen molar-refractivity contribution in [1.82, 2.24) is 5.17 Å². The Labute approximate surface area is 81.3 Å². The van der Waals surface area contributed by atoms with Gasteiger partial charge in [0.1, 0.15) is 0 Å². The minimum absolute atomic E-state index is 0.0312. The first-order chi connectivity index (χ1) is 6.57. The molecule has 1 aromatic rings. The molecule has 5 heteroatoms. The van der Waals surface area contributed by atoms with Gasteiger partial charge in [-0.15, -0.1) is 5.17 Å². The largest absolute Gasteiger partial charge is 0.392 e. The SMILES string of the molecule is Cc1c(CO)cccc1C(=O)N(N)O. The Balaban J connectivity index is 3.16. The number of hydrazine groups is 1. The van der Waals surface area contributed by atoms with Crippen molar-refractivity contribution in [1.29, 1.82) is 0 Å². The van der Waals surface area contributed by atoms with E-state index in [1.807, 2.05) is 0 Å². The number of aliphatic hydroxyl groups is 1. The summed E-state index contributed by atoms with van der Waals surface area (Å²) < 4.78 is 0. The number of rotatable bonds is 2. The maximum Gasteiger partial charge on any atom is 0.292 e. The average molecular weight is 196 g/mol. The monoisotopic (exact) mass is 196 g/mol. The van der Waals surface area contributed by atoms with Crippen LogP contribution in [-0.4, -0.2) is 21.4 Å². The lowest BCUT2D eigenvalue weighted by molar-refractivity contribution is -0.0596. The molecule has 76 valence electrons. The molecule has 0 aliphatic heterocycles. The number of hydroxylamine groups is 1. The second-order valence-electron chi connectivity index (χ2n) is 2.90. The molecule has 4 N–H and O–H groups in total. The molecule has 0 aromatic heterocycles. The third-order valence-corrected chi connectivity index (χ3v) is 2.05. The maximum absolute atomic E-state index is 11.3. The van der Waals surface area contributed by atoms with Crippen LogP contribution in [0.2, 0.25) is 0 Å². The molecule has 0 saturated carbocycles. The summed E-state index contributed by atoms with van der Waals surface area (Å²) in [5.74, 6) is 4.21. The van der Waals surface area contributed by atoms with E-state index in [4.69, 9.17) is 16.2 Å². The first kappa shape index (κ1) is 10.6. The number of nitrogens with two attached hydrogens (primary N) is 1. The fourth-order valence-corrected chi connectivity index (χ4v) is 1.21. The van der Waals surface area contributed by atoms with Gasteiger partial charge < -0.3 is 5.11 Å². The molecule has 1 aromatic carbocycles. The number of amides is 1. The normalized spacial score (nSPS) is 10.0. The zero-order chi connectivity index (χ0) is 10.7. The third kappa shape index (κ3) is 1.90. The van der Waals surface area contributed by atoms with Crippen molar-refractivity contribution in [2.45, 2.75) is 13.5 Å². The Morgan fingerprint density at radius 1 is 1.57 bits per heavy atom. The molecule has 0 saturated heterocycles. The molecule has 1 rings (SSSR count). The molecule has 0 bridgehead atoms. The van der Waals surface area contributed by atoms with Gasteiger partial charge in [-0.05, 0) is 24.1 Å². The molecule has 0 aliphatic carbocycles. The van der Waals surface area contributed by atoms with Gasteiger partial charge in [-0.25, -0.2) is 5.84 Å². The van der Waals surface area contributed by atoms with Crippen molar-refractivity contribution in [2.75, 3.05) is 0 Å². The van der Waals surface area contributed by atoms with Gasteiger partial charge in [-0.1, -0.05) is 12.1 Å². The highest BCUT2D eigenvalue weighted by Gasteiger charge is 2.14. The smallest absolute Gasteiger partial charge is 0.292 e. The standard InChI is InChI=1S/C9H12N2O3/c1-6-7(5-12)3-2-4-8(6)9(13)11(10)14/h2-4,12,14H,5,10H2,1H3. The summed E-state index contributed by atoms with van der Waals surface area (Å²) in [7, 11) is 0. The minimum Gasteiger partial charge on any atom is -0.392 e. The van der Waals surface area contributed by atoms with E-state index in [1.165, 1.54) is 6.07 Å². The van der Waals surface area contributed by atoms with Crippen LogP contribution in [0.3, 0.4) is 0 Å².